The molecule has 0 radical (unpaired) electrons. The number of aliphatic hydroxyl groups is 6. The molecule has 3 aromatic carbocycles. The van der Waals surface area contributed by atoms with Crippen molar-refractivity contribution in [2.75, 3.05) is 166 Å². The van der Waals surface area contributed by atoms with E-state index in [9.17, 15) is 30.6 Å². The van der Waals surface area contributed by atoms with E-state index in [2.05, 4.69) is 58.2 Å². The number of hydrogen-bond donors (Lipinski definition) is 6. The monoisotopic (exact) mass is 1150 g/mol. The summed E-state index contributed by atoms with van der Waals surface area (Å²) in [5.41, 5.74) is 3.82. The molecule has 24 heteroatoms. The number of nitrogens with zero attached hydrogens (tertiary/aromatic N) is 6. The Morgan fingerprint density at radius 2 is 0.768 bits per heavy atom. The van der Waals surface area contributed by atoms with Crippen molar-refractivity contribution in [3.8, 4) is 69.4 Å². The minimum absolute atomic E-state index is 0.0607. The molecule has 1 aliphatic rings. The lowest BCUT2D eigenvalue weighted by Gasteiger charge is -2.27. The second kappa shape index (κ2) is 38.3. The van der Waals surface area contributed by atoms with Crippen LogP contribution in [0.2, 0.25) is 0 Å². The Bertz CT molecular complexity index is 2700. The predicted molar refractivity (Wildman–Crippen MR) is 300 cm³/mol. The molecule has 0 bridgehead atoms. The molecule has 0 amide bonds. The number of hydrogen-bond acceptors (Lipinski definition) is 22. The molecule has 0 saturated carbocycles. The van der Waals surface area contributed by atoms with Gasteiger partial charge in [0.1, 0.15) is 85.9 Å². The van der Waals surface area contributed by atoms with Crippen LogP contribution in [0.5, 0.6) is 34.5 Å². The highest BCUT2D eigenvalue weighted by atomic mass is 16.6. The Labute approximate surface area is 479 Å². The van der Waals surface area contributed by atoms with Gasteiger partial charge in [-0.1, -0.05) is 47.9 Å². The summed E-state index contributed by atoms with van der Waals surface area (Å²) in [6.07, 6.45) is 5.51. The Balaban J connectivity index is 1.71. The largest absolute Gasteiger partial charge is 0.490 e. The van der Waals surface area contributed by atoms with Crippen molar-refractivity contribution in [1.82, 2.24) is 15.0 Å². The molecule has 0 fully saturated rings. The van der Waals surface area contributed by atoms with E-state index in [0.717, 1.165) is 12.8 Å². The van der Waals surface area contributed by atoms with Crippen LogP contribution in [0.1, 0.15) is 61.4 Å². The number of aryl methyl sites for hydroxylation is 1. The molecule has 1 unspecified atom stereocenters. The summed E-state index contributed by atoms with van der Waals surface area (Å²) < 4.78 is 73.2. The number of quaternary nitrogens is 1. The van der Waals surface area contributed by atoms with E-state index in [0.29, 0.717) is 85.8 Å². The lowest BCUT2D eigenvalue weighted by molar-refractivity contribution is -0.893. The van der Waals surface area contributed by atoms with Gasteiger partial charge in [-0.05, 0) is 31.9 Å². The molecule has 5 rings (SSSR count). The maximum atomic E-state index is 9.43. The van der Waals surface area contributed by atoms with E-state index >= 15 is 0 Å². The summed E-state index contributed by atoms with van der Waals surface area (Å²) in [7, 11) is 2.00. The fourth-order valence-electron chi connectivity index (χ4n) is 8.07. The molecule has 82 heavy (non-hydrogen) atoms. The lowest BCUT2D eigenvalue weighted by Crippen LogP contribution is -2.40. The molecule has 0 spiro atoms. The maximum absolute atomic E-state index is 9.43. The van der Waals surface area contributed by atoms with Gasteiger partial charge in [0.05, 0.1) is 160 Å². The Kier molecular flexibility index (Phi) is 31.0. The second-order valence-electron chi connectivity index (χ2n) is 17.9. The topological polar surface area (TPSA) is 288 Å². The van der Waals surface area contributed by atoms with Crippen LogP contribution in [0.4, 0.5) is 0 Å². The first kappa shape index (κ1) is 66.3. The van der Waals surface area contributed by atoms with Gasteiger partial charge in [-0.15, -0.1) is 5.10 Å². The number of aliphatic hydroxyl groups excluding tert-OH is 6. The van der Waals surface area contributed by atoms with Gasteiger partial charge in [-0.2, -0.15) is 4.59 Å². The van der Waals surface area contributed by atoms with Crippen molar-refractivity contribution >= 4 is 5.70 Å². The highest BCUT2D eigenvalue weighted by Gasteiger charge is 2.36. The molecular weight excluding hydrogens is 1070 g/mol. The van der Waals surface area contributed by atoms with Gasteiger partial charge in [0.15, 0.2) is 11.9 Å². The number of rotatable bonds is 42. The molecule has 1 aromatic heterocycles. The van der Waals surface area contributed by atoms with Crippen LogP contribution >= 0.6 is 0 Å². The fraction of sp³-hybridized carbons (Fsp3) is 0.552. The van der Waals surface area contributed by atoms with Gasteiger partial charge < -0.3 is 87.5 Å². The molecule has 4 aromatic rings. The standard InChI is InChI=1S/C58H81N6O18/c1-5-48(6-2)64(4)43-52(60-62-64)50-41-56(80-33-27-74-21-15-68)47(39-58(50)82-35-29-76-23-17-70)11-9-45-37-53(77-30-24-71-18-12-65)44(36-54(45)78-31-25-72-19-13-66)8-10-46-38-57(81-34-28-75-22-16-69)49(51-42-63(7-3)61-59-51)40-55(46)79-32-26-73-20-14-67/h36-43,48,65-70H,5-7,12-35H2,1-4H3/q+1. The average Bonchev–Trinajstić information content (AvgIpc) is 4.17. The van der Waals surface area contributed by atoms with E-state index in [1.54, 1.807) is 47.3 Å². The Morgan fingerprint density at radius 1 is 0.439 bits per heavy atom. The molecule has 6 N–H and O–H groups in total. The van der Waals surface area contributed by atoms with E-state index in [1.165, 1.54) is 0 Å². The summed E-state index contributed by atoms with van der Waals surface area (Å²) in [5, 5.41) is 74.1. The summed E-state index contributed by atoms with van der Waals surface area (Å²) >= 11 is 0. The van der Waals surface area contributed by atoms with E-state index in [-0.39, 0.29) is 169 Å². The van der Waals surface area contributed by atoms with Gasteiger partial charge in [-0.3, -0.25) is 4.68 Å². The minimum atomic E-state index is -0.176. The molecule has 0 aliphatic carbocycles. The highest BCUT2D eigenvalue weighted by Crippen LogP contribution is 2.40. The highest BCUT2D eigenvalue weighted by molar-refractivity contribution is 5.74. The normalized spacial score (nSPS) is 13.6. The number of benzene rings is 3. The van der Waals surface area contributed by atoms with Gasteiger partial charge in [0.25, 0.3) is 0 Å². The van der Waals surface area contributed by atoms with Gasteiger partial charge in [0.2, 0.25) is 0 Å². The third-order valence-corrected chi connectivity index (χ3v) is 12.1. The Hall–Kier alpha value is -6.46. The molecular formula is C58H81N6O18+. The van der Waals surface area contributed by atoms with Crippen LogP contribution in [0.3, 0.4) is 0 Å². The van der Waals surface area contributed by atoms with Crippen LogP contribution in [0.15, 0.2) is 59.1 Å². The van der Waals surface area contributed by atoms with Gasteiger partial charge in [-0.25, -0.2) is 0 Å². The molecule has 1 atom stereocenters. The smallest absolute Gasteiger partial charge is 0.157 e. The number of ether oxygens (including phenoxy) is 12. The van der Waals surface area contributed by atoms with E-state index < -0.39 is 0 Å². The summed E-state index contributed by atoms with van der Waals surface area (Å²) in [6, 6.07) is 10.6. The summed E-state index contributed by atoms with van der Waals surface area (Å²) in [4.78, 5) is 0. The summed E-state index contributed by atoms with van der Waals surface area (Å²) in [6.45, 7) is 8.14. The third kappa shape index (κ3) is 21.7. The zero-order valence-electron chi connectivity index (χ0n) is 47.6. The van der Waals surface area contributed by atoms with E-state index in [1.807, 2.05) is 20.2 Å². The second-order valence-corrected chi connectivity index (χ2v) is 17.9. The van der Waals surface area contributed by atoms with Crippen LogP contribution in [-0.2, 0) is 35.0 Å². The van der Waals surface area contributed by atoms with Crippen molar-refractivity contribution in [2.24, 2.45) is 10.3 Å². The quantitative estimate of drug-likeness (QED) is 0.0211. The van der Waals surface area contributed by atoms with Crippen molar-refractivity contribution < 1.29 is 92.1 Å². The zero-order chi connectivity index (χ0) is 58.6. The summed E-state index contributed by atoms with van der Waals surface area (Å²) in [5.74, 6) is 15.3. The van der Waals surface area contributed by atoms with Gasteiger partial charge >= 0.3 is 0 Å². The molecule has 450 valence electrons. The first-order chi connectivity index (χ1) is 40.2. The minimum Gasteiger partial charge on any atom is -0.490 e. The third-order valence-electron chi connectivity index (χ3n) is 12.1. The first-order valence-electron chi connectivity index (χ1n) is 27.6. The van der Waals surface area contributed by atoms with Crippen molar-refractivity contribution in [3.05, 3.63) is 76.6 Å². The number of aromatic nitrogens is 3. The SMILES string of the molecule is CCC(CC)[N+]1(C)C=C(c2cc(OCCOCCO)c(C#Cc3cc(OCCOCCO)c(C#Cc4cc(OCCOCCO)c(-c5cn(CC)nn5)cc4OCCOCCO)cc3OCCOCCO)cc2OCCOCCO)N=N1. The first-order valence-corrected chi connectivity index (χ1v) is 27.6. The van der Waals surface area contributed by atoms with Crippen LogP contribution in [0, 0.1) is 23.7 Å². The predicted octanol–water partition coefficient (Wildman–Crippen LogP) is 3.41. The molecule has 24 nitrogen and oxygen atoms in total. The van der Waals surface area contributed by atoms with Crippen LogP contribution < -0.4 is 28.4 Å². The molecule has 1 aliphatic heterocycles. The van der Waals surface area contributed by atoms with Crippen molar-refractivity contribution in [2.45, 2.75) is 46.2 Å². The van der Waals surface area contributed by atoms with Crippen molar-refractivity contribution in [3.63, 3.8) is 0 Å². The Morgan fingerprint density at radius 3 is 1.11 bits per heavy atom. The molecule has 0 saturated heterocycles. The maximum Gasteiger partial charge on any atom is 0.157 e. The van der Waals surface area contributed by atoms with Gasteiger partial charge in [0, 0.05) is 41.6 Å². The van der Waals surface area contributed by atoms with Crippen molar-refractivity contribution in [1.29, 1.82) is 0 Å². The fourth-order valence-corrected chi connectivity index (χ4v) is 8.07. The average molecular weight is 1150 g/mol. The lowest BCUT2D eigenvalue weighted by atomic mass is 10.0. The van der Waals surface area contributed by atoms with E-state index in [4.69, 9.17) is 56.8 Å². The zero-order valence-corrected chi connectivity index (χ0v) is 47.6. The van der Waals surface area contributed by atoms with Crippen LogP contribution in [0.25, 0.3) is 17.0 Å². The van der Waals surface area contributed by atoms with Crippen LogP contribution in [-0.4, -0.2) is 222 Å². The molecule has 2 heterocycles.